The van der Waals surface area contributed by atoms with Gasteiger partial charge >= 0.3 is 11.7 Å². The van der Waals surface area contributed by atoms with E-state index in [1.165, 1.54) is 12.3 Å². The topological polar surface area (TPSA) is 103 Å². The molecule has 7 nitrogen and oxygen atoms in total. The van der Waals surface area contributed by atoms with Gasteiger partial charge in [0.15, 0.2) is 0 Å². The maximum absolute atomic E-state index is 10.9. The van der Waals surface area contributed by atoms with E-state index in [2.05, 4.69) is 14.8 Å². The Bertz CT molecular complexity index is 494. The summed E-state index contributed by atoms with van der Waals surface area (Å²) < 4.78 is 4.20. The highest BCUT2D eigenvalue weighted by atomic mass is 16.8. The number of carboxylic acids is 1. The van der Waals surface area contributed by atoms with E-state index in [1.807, 2.05) is 0 Å². The summed E-state index contributed by atoms with van der Waals surface area (Å²) >= 11 is 0. The van der Waals surface area contributed by atoms with Gasteiger partial charge in [0.1, 0.15) is 5.69 Å². The molecule has 0 unspecified atom stereocenters. The van der Waals surface area contributed by atoms with E-state index in [9.17, 15) is 10.0 Å². The lowest BCUT2D eigenvalue weighted by Crippen LogP contribution is -2.31. The number of hydrogen-bond donors (Lipinski definition) is 1. The molecule has 0 atom stereocenters. The van der Waals surface area contributed by atoms with Crippen LogP contribution in [0.1, 0.15) is 10.5 Å². The first-order valence-electron chi connectivity index (χ1n) is 3.94. The number of carbonyl (C=O) groups is 1. The zero-order valence-electron chi connectivity index (χ0n) is 7.32. The van der Waals surface area contributed by atoms with Crippen LogP contribution < -0.4 is 4.90 Å². The standard InChI is InChI=1S/C8H5N3O4/c12-8(13)7-6(10-15-11(7)14)5-3-1-2-4-9-5/h1-4H,(H,12,13). The molecule has 0 radical (unpaired) electrons. The fourth-order valence-electron chi connectivity index (χ4n) is 1.10. The van der Waals surface area contributed by atoms with Gasteiger partial charge in [-0.25, -0.2) is 4.79 Å². The number of carboxylic acid groups (broad SMARTS) is 1. The van der Waals surface area contributed by atoms with E-state index in [1.54, 1.807) is 12.1 Å². The molecular weight excluding hydrogens is 202 g/mol. The van der Waals surface area contributed by atoms with Crippen molar-refractivity contribution in [2.24, 2.45) is 0 Å². The third-order valence-corrected chi connectivity index (χ3v) is 1.72. The molecule has 0 spiro atoms. The van der Waals surface area contributed by atoms with Crippen molar-refractivity contribution in [1.29, 1.82) is 0 Å². The summed E-state index contributed by atoms with van der Waals surface area (Å²) in [4.78, 5) is 14.4. The molecule has 2 rings (SSSR count). The fourth-order valence-corrected chi connectivity index (χ4v) is 1.10. The summed E-state index contributed by atoms with van der Waals surface area (Å²) in [6.45, 7) is 0. The number of pyridine rings is 1. The number of aromatic carboxylic acids is 1. The molecule has 15 heavy (non-hydrogen) atoms. The van der Waals surface area contributed by atoms with Gasteiger partial charge in [-0.1, -0.05) is 6.07 Å². The van der Waals surface area contributed by atoms with Gasteiger partial charge in [0.25, 0.3) is 5.69 Å². The number of rotatable bonds is 2. The van der Waals surface area contributed by atoms with Gasteiger partial charge in [-0.3, -0.25) is 9.61 Å². The Labute approximate surface area is 83.1 Å². The third-order valence-electron chi connectivity index (χ3n) is 1.72. The molecule has 0 amide bonds. The minimum absolute atomic E-state index is 0.0851. The Morgan fingerprint density at radius 3 is 2.93 bits per heavy atom. The van der Waals surface area contributed by atoms with Crippen molar-refractivity contribution in [3.05, 3.63) is 35.3 Å². The molecule has 0 bridgehead atoms. The molecule has 7 heteroatoms. The van der Waals surface area contributed by atoms with Gasteiger partial charge < -0.3 is 10.3 Å². The number of aromatic nitrogens is 3. The van der Waals surface area contributed by atoms with Crippen LogP contribution in [-0.4, -0.2) is 21.2 Å². The molecule has 0 saturated heterocycles. The monoisotopic (exact) mass is 207 g/mol. The summed E-state index contributed by atoms with van der Waals surface area (Å²) in [6.07, 6.45) is 1.46. The van der Waals surface area contributed by atoms with Gasteiger partial charge in [-0.05, 0) is 17.0 Å². The smallest absolute Gasteiger partial charge is 0.385 e. The van der Waals surface area contributed by atoms with Crippen LogP contribution in [0.15, 0.2) is 29.0 Å². The fraction of sp³-hybridized carbons (Fsp3) is 0. The molecule has 0 fully saturated rings. The molecule has 1 N–H and O–H groups in total. The molecule has 0 aliphatic heterocycles. The van der Waals surface area contributed by atoms with Crippen LogP contribution in [0.4, 0.5) is 0 Å². The van der Waals surface area contributed by atoms with E-state index >= 15 is 0 Å². The van der Waals surface area contributed by atoms with Crippen LogP contribution in [0.2, 0.25) is 0 Å². The van der Waals surface area contributed by atoms with Crippen molar-refractivity contribution in [3.8, 4) is 11.4 Å². The van der Waals surface area contributed by atoms with Gasteiger partial charge in [-0.2, -0.15) is 0 Å². The largest absolute Gasteiger partial charge is 0.475 e. The van der Waals surface area contributed by atoms with Gasteiger partial charge in [0.2, 0.25) is 0 Å². The van der Waals surface area contributed by atoms with Gasteiger partial charge in [-0.15, -0.1) is 0 Å². The van der Waals surface area contributed by atoms with Crippen molar-refractivity contribution in [2.75, 3.05) is 0 Å². The highest BCUT2D eigenvalue weighted by Gasteiger charge is 2.28. The molecule has 0 saturated carbocycles. The molecule has 2 aromatic rings. The van der Waals surface area contributed by atoms with E-state index in [0.29, 0.717) is 0 Å². The summed E-state index contributed by atoms with van der Waals surface area (Å²) in [5.41, 5.74) is -0.389. The third kappa shape index (κ3) is 1.50. The molecule has 0 aliphatic rings. The summed E-state index contributed by atoms with van der Waals surface area (Å²) in [5.74, 6) is -1.41. The van der Waals surface area contributed by atoms with Crippen molar-refractivity contribution in [3.63, 3.8) is 0 Å². The Balaban J connectivity index is 2.59. The minimum atomic E-state index is -1.41. The van der Waals surface area contributed by atoms with E-state index in [4.69, 9.17) is 5.11 Å². The second kappa shape index (κ2) is 3.37. The van der Waals surface area contributed by atoms with Crippen LogP contribution in [0.25, 0.3) is 11.4 Å². The first-order valence-corrected chi connectivity index (χ1v) is 3.94. The van der Waals surface area contributed by atoms with Crippen LogP contribution in [0.3, 0.4) is 0 Å². The molecule has 0 aromatic carbocycles. The van der Waals surface area contributed by atoms with Crippen molar-refractivity contribution >= 4 is 5.97 Å². The first-order chi connectivity index (χ1) is 7.20. The average Bonchev–Trinajstić information content (AvgIpc) is 2.61. The molecular formula is C8H5N3O4. The molecule has 0 aliphatic carbocycles. The first kappa shape index (κ1) is 9.13. The zero-order valence-corrected chi connectivity index (χ0v) is 7.32. The van der Waals surface area contributed by atoms with E-state index in [0.717, 1.165) is 0 Å². The van der Waals surface area contributed by atoms with Crippen molar-refractivity contribution in [2.45, 2.75) is 0 Å². The highest BCUT2D eigenvalue weighted by molar-refractivity contribution is 5.90. The summed E-state index contributed by atoms with van der Waals surface area (Å²) in [5, 5.41) is 23.0. The van der Waals surface area contributed by atoms with Gasteiger partial charge in [0, 0.05) is 11.4 Å². The molecule has 2 heterocycles. The summed E-state index contributed by atoms with van der Waals surface area (Å²) in [7, 11) is 0. The van der Waals surface area contributed by atoms with Crippen LogP contribution in [0.5, 0.6) is 0 Å². The van der Waals surface area contributed by atoms with E-state index < -0.39 is 11.7 Å². The second-order valence-corrected chi connectivity index (χ2v) is 2.65. The lowest BCUT2D eigenvalue weighted by Gasteiger charge is -1.91. The van der Waals surface area contributed by atoms with Crippen molar-refractivity contribution < 1.29 is 19.4 Å². The van der Waals surface area contributed by atoms with Crippen molar-refractivity contribution in [1.82, 2.24) is 10.1 Å². The van der Waals surface area contributed by atoms with Crippen LogP contribution in [0, 0.1) is 5.21 Å². The lowest BCUT2D eigenvalue weighted by atomic mass is 10.2. The average molecular weight is 207 g/mol. The second-order valence-electron chi connectivity index (χ2n) is 2.65. The Hall–Kier alpha value is -2.44. The highest BCUT2D eigenvalue weighted by Crippen LogP contribution is 2.15. The molecule has 76 valence electrons. The Kier molecular flexibility index (Phi) is 2.05. The Morgan fingerprint density at radius 2 is 2.33 bits per heavy atom. The lowest BCUT2D eigenvalue weighted by molar-refractivity contribution is -0.804. The van der Waals surface area contributed by atoms with Gasteiger partial charge in [0.05, 0.1) is 0 Å². The Morgan fingerprint density at radius 1 is 1.53 bits per heavy atom. The van der Waals surface area contributed by atoms with Crippen LogP contribution >= 0.6 is 0 Å². The molecule has 2 aromatic heterocycles. The normalized spacial score (nSPS) is 10.1. The quantitative estimate of drug-likeness (QED) is 0.698. The SMILES string of the molecule is O=C(O)c1c(-c2ccccn2)no[n+]1[O-]. The number of nitrogens with zero attached hydrogens (tertiary/aromatic N) is 3. The maximum atomic E-state index is 10.9. The number of hydrogen-bond acceptors (Lipinski definition) is 5. The summed E-state index contributed by atoms with van der Waals surface area (Å²) in [6, 6.07) is 4.84. The predicted molar refractivity (Wildman–Crippen MR) is 45.7 cm³/mol. The van der Waals surface area contributed by atoms with Crippen LogP contribution in [-0.2, 0) is 0 Å². The predicted octanol–water partition coefficient (Wildman–Crippen LogP) is 0.0682. The zero-order chi connectivity index (χ0) is 10.8. The minimum Gasteiger partial charge on any atom is -0.475 e. The maximum Gasteiger partial charge on any atom is 0.385 e. The van der Waals surface area contributed by atoms with E-state index in [-0.39, 0.29) is 16.3 Å².